The zero-order valence-corrected chi connectivity index (χ0v) is 12.1. The molecule has 21 heavy (non-hydrogen) atoms. The van der Waals surface area contributed by atoms with Crippen LogP contribution in [0.15, 0.2) is 60.7 Å². The highest BCUT2D eigenvalue weighted by Crippen LogP contribution is 2.27. The number of carbonyl (C=O) groups is 1. The van der Waals surface area contributed by atoms with Gasteiger partial charge in [0.1, 0.15) is 5.82 Å². The van der Waals surface area contributed by atoms with E-state index in [0.29, 0.717) is 11.4 Å². The molecule has 3 nitrogen and oxygen atoms in total. The number of aryl methyl sites for hydroxylation is 1. The van der Waals surface area contributed by atoms with Crippen molar-refractivity contribution in [1.82, 2.24) is 9.55 Å². The molecular weight excluding hydrogens is 260 g/mol. The molecule has 104 valence electrons. The predicted octanol–water partition coefficient (Wildman–Crippen LogP) is 4.23. The van der Waals surface area contributed by atoms with Gasteiger partial charge in [0.15, 0.2) is 0 Å². The first-order chi connectivity index (χ1) is 10.1. The molecule has 0 unspecified atom stereocenters. The third-order valence-electron chi connectivity index (χ3n) is 3.51. The SMILES string of the molecule is C=C(C)C(=O)n1c(-c2ccccc2C)nc2ccccc21. The van der Waals surface area contributed by atoms with Crippen LogP contribution in [0.4, 0.5) is 0 Å². The van der Waals surface area contributed by atoms with Gasteiger partial charge in [-0.2, -0.15) is 0 Å². The van der Waals surface area contributed by atoms with Crippen molar-refractivity contribution in [1.29, 1.82) is 0 Å². The fraction of sp³-hybridized carbons (Fsp3) is 0.111. The lowest BCUT2D eigenvalue weighted by Crippen LogP contribution is -2.12. The summed E-state index contributed by atoms with van der Waals surface area (Å²) in [6.45, 7) is 7.52. The van der Waals surface area contributed by atoms with Crippen LogP contribution in [0.25, 0.3) is 22.4 Å². The predicted molar refractivity (Wildman–Crippen MR) is 85.3 cm³/mol. The van der Waals surface area contributed by atoms with Crippen molar-refractivity contribution in [3.05, 3.63) is 66.2 Å². The number of allylic oxidation sites excluding steroid dienone is 1. The third-order valence-corrected chi connectivity index (χ3v) is 3.51. The molecule has 2 aromatic carbocycles. The maximum Gasteiger partial charge on any atom is 0.259 e. The molecule has 0 amide bonds. The molecule has 0 saturated carbocycles. The van der Waals surface area contributed by atoms with Crippen molar-refractivity contribution in [2.45, 2.75) is 13.8 Å². The van der Waals surface area contributed by atoms with Crippen molar-refractivity contribution >= 4 is 16.9 Å². The van der Waals surface area contributed by atoms with Gasteiger partial charge < -0.3 is 0 Å². The summed E-state index contributed by atoms with van der Waals surface area (Å²) in [6.07, 6.45) is 0. The van der Waals surface area contributed by atoms with Gasteiger partial charge in [-0.3, -0.25) is 9.36 Å². The average molecular weight is 276 g/mol. The van der Waals surface area contributed by atoms with Gasteiger partial charge in [0.2, 0.25) is 0 Å². The van der Waals surface area contributed by atoms with Crippen LogP contribution >= 0.6 is 0 Å². The molecule has 0 spiro atoms. The van der Waals surface area contributed by atoms with Gasteiger partial charge in [-0.1, -0.05) is 43.0 Å². The van der Waals surface area contributed by atoms with E-state index in [1.54, 1.807) is 11.5 Å². The first kappa shape index (κ1) is 13.3. The molecule has 0 aliphatic heterocycles. The Balaban J connectivity index is 2.37. The first-order valence-electron chi connectivity index (χ1n) is 6.83. The van der Waals surface area contributed by atoms with Crippen molar-refractivity contribution in [2.75, 3.05) is 0 Å². The lowest BCUT2D eigenvalue weighted by Gasteiger charge is -2.09. The highest BCUT2D eigenvalue weighted by Gasteiger charge is 2.19. The topological polar surface area (TPSA) is 34.9 Å². The van der Waals surface area contributed by atoms with Crippen LogP contribution < -0.4 is 0 Å². The Labute approximate surface area is 123 Å². The van der Waals surface area contributed by atoms with Crippen molar-refractivity contribution in [3.63, 3.8) is 0 Å². The van der Waals surface area contributed by atoms with Gasteiger partial charge in [0.05, 0.1) is 11.0 Å². The molecular formula is C18H16N2O. The average Bonchev–Trinajstić information content (AvgIpc) is 2.85. The molecule has 3 aromatic rings. The minimum atomic E-state index is -0.123. The van der Waals surface area contributed by atoms with Crippen LogP contribution in [0.1, 0.15) is 17.3 Å². The van der Waals surface area contributed by atoms with Gasteiger partial charge in [0, 0.05) is 11.1 Å². The minimum absolute atomic E-state index is 0.123. The largest absolute Gasteiger partial charge is 0.269 e. The fourth-order valence-electron chi connectivity index (χ4n) is 2.43. The number of hydrogen-bond acceptors (Lipinski definition) is 2. The van der Waals surface area contributed by atoms with E-state index in [-0.39, 0.29) is 5.91 Å². The fourth-order valence-corrected chi connectivity index (χ4v) is 2.43. The Kier molecular flexibility index (Phi) is 3.18. The molecule has 0 radical (unpaired) electrons. The number of carbonyl (C=O) groups excluding carboxylic acids is 1. The lowest BCUT2D eigenvalue weighted by atomic mass is 10.1. The van der Waals surface area contributed by atoms with E-state index in [4.69, 9.17) is 0 Å². The minimum Gasteiger partial charge on any atom is -0.269 e. The van der Waals surface area contributed by atoms with Gasteiger partial charge in [0.25, 0.3) is 5.91 Å². The molecule has 0 fully saturated rings. The summed E-state index contributed by atoms with van der Waals surface area (Å²) >= 11 is 0. The second-order valence-corrected chi connectivity index (χ2v) is 5.16. The summed E-state index contributed by atoms with van der Waals surface area (Å²) in [6, 6.07) is 15.6. The summed E-state index contributed by atoms with van der Waals surface area (Å²) in [5.41, 5.74) is 4.16. The first-order valence-corrected chi connectivity index (χ1v) is 6.83. The van der Waals surface area contributed by atoms with Crippen LogP contribution in [0.5, 0.6) is 0 Å². The van der Waals surface area contributed by atoms with E-state index < -0.39 is 0 Å². The Hall–Kier alpha value is -2.68. The Morgan fingerprint density at radius 1 is 1.10 bits per heavy atom. The number of hydrogen-bond donors (Lipinski definition) is 0. The number of benzene rings is 2. The van der Waals surface area contributed by atoms with Gasteiger partial charge in [-0.05, 0) is 31.5 Å². The summed E-state index contributed by atoms with van der Waals surface area (Å²) < 4.78 is 1.65. The van der Waals surface area contributed by atoms with E-state index in [0.717, 1.165) is 22.2 Å². The summed E-state index contributed by atoms with van der Waals surface area (Å²) in [5.74, 6) is 0.546. The number of imidazole rings is 1. The van der Waals surface area contributed by atoms with E-state index in [9.17, 15) is 4.79 Å². The standard InChI is InChI=1S/C18H16N2O/c1-12(2)18(21)20-16-11-7-6-10-15(16)19-17(20)14-9-5-4-8-13(14)3/h4-11H,1H2,2-3H3. The van der Waals surface area contributed by atoms with Crippen molar-refractivity contribution in [2.24, 2.45) is 0 Å². The van der Waals surface area contributed by atoms with Crippen LogP contribution in [0.2, 0.25) is 0 Å². The normalized spacial score (nSPS) is 10.8. The molecule has 0 atom stereocenters. The number of para-hydroxylation sites is 2. The Morgan fingerprint density at radius 2 is 1.76 bits per heavy atom. The molecule has 1 heterocycles. The molecule has 1 aromatic heterocycles. The lowest BCUT2D eigenvalue weighted by molar-refractivity contribution is 0.0962. The van der Waals surface area contributed by atoms with E-state index >= 15 is 0 Å². The van der Waals surface area contributed by atoms with E-state index in [2.05, 4.69) is 11.6 Å². The quantitative estimate of drug-likeness (QED) is 0.656. The zero-order chi connectivity index (χ0) is 15.0. The molecule has 0 bridgehead atoms. The molecule has 0 aliphatic carbocycles. The number of rotatable bonds is 2. The number of fused-ring (bicyclic) bond motifs is 1. The second-order valence-electron chi connectivity index (χ2n) is 5.16. The van der Waals surface area contributed by atoms with Gasteiger partial charge in [-0.15, -0.1) is 0 Å². The summed E-state index contributed by atoms with van der Waals surface area (Å²) in [7, 11) is 0. The maximum absolute atomic E-state index is 12.5. The molecule has 0 aliphatic rings. The highest BCUT2D eigenvalue weighted by molar-refractivity contribution is 6.03. The van der Waals surface area contributed by atoms with Crippen LogP contribution in [-0.4, -0.2) is 15.5 Å². The van der Waals surface area contributed by atoms with Crippen molar-refractivity contribution < 1.29 is 4.79 Å². The summed E-state index contributed by atoms with van der Waals surface area (Å²) in [5, 5.41) is 0. The van der Waals surface area contributed by atoms with Crippen LogP contribution in [-0.2, 0) is 0 Å². The second kappa shape index (κ2) is 5.02. The summed E-state index contributed by atoms with van der Waals surface area (Å²) in [4.78, 5) is 17.2. The smallest absolute Gasteiger partial charge is 0.259 e. The molecule has 3 heteroatoms. The molecule has 3 rings (SSSR count). The maximum atomic E-state index is 12.5. The van der Waals surface area contributed by atoms with Crippen molar-refractivity contribution in [3.8, 4) is 11.4 Å². The van der Waals surface area contributed by atoms with Crippen LogP contribution in [0.3, 0.4) is 0 Å². The highest BCUT2D eigenvalue weighted by atomic mass is 16.2. The van der Waals surface area contributed by atoms with E-state index in [1.165, 1.54) is 0 Å². The Morgan fingerprint density at radius 3 is 2.48 bits per heavy atom. The third kappa shape index (κ3) is 2.17. The zero-order valence-electron chi connectivity index (χ0n) is 12.1. The number of nitrogens with zero attached hydrogens (tertiary/aromatic N) is 2. The molecule has 0 N–H and O–H groups in total. The monoisotopic (exact) mass is 276 g/mol. The number of aromatic nitrogens is 2. The van der Waals surface area contributed by atoms with Gasteiger partial charge in [-0.25, -0.2) is 4.98 Å². The van der Waals surface area contributed by atoms with Crippen LogP contribution in [0, 0.1) is 6.92 Å². The Bertz CT molecular complexity index is 859. The van der Waals surface area contributed by atoms with Gasteiger partial charge >= 0.3 is 0 Å². The molecule has 0 saturated heterocycles. The van der Waals surface area contributed by atoms with E-state index in [1.807, 2.05) is 55.5 Å².